The third-order valence-corrected chi connectivity index (χ3v) is 3.99. The fourth-order valence-electron chi connectivity index (χ4n) is 2.67. The van der Waals surface area contributed by atoms with Crippen molar-refractivity contribution < 1.29 is 13.6 Å². The third-order valence-electron chi connectivity index (χ3n) is 3.99. The lowest BCUT2D eigenvalue weighted by Gasteiger charge is -2.31. The fourth-order valence-corrected chi connectivity index (χ4v) is 2.67. The van der Waals surface area contributed by atoms with Gasteiger partial charge in [0, 0.05) is 39.1 Å². The summed E-state index contributed by atoms with van der Waals surface area (Å²) in [6.07, 6.45) is 1.59. The van der Waals surface area contributed by atoms with Gasteiger partial charge in [0.1, 0.15) is 0 Å². The maximum Gasteiger partial charge on any atom is 0.222 e. The van der Waals surface area contributed by atoms with Crippen molar-refractivity contribution in [1.82, 2.24) is 15.5 Å². The van der Waals surface area contributed by atoms with Crippen LogP contribution in [0.4, 0.5) is 8.78 Å². The summed E-state index contributed by atoms with van der Waals surface area (Å²) < 4.78 is 26.8. The monoisotopic (exact) mass is 466 g/mol. The first-order valence-corrected chi connectivity index (χ1v) is 8.23. The van der Waals surface area contributed by atoms with Crippen molar-refractivity contribution in [2.45, 2.75) is 32.2 Å². The fraction of sp³-hybridized carbons (Fsp3) is 0.529. The number of likely N-dealkylation sites (tertiary alicyclic amines) is 1. The summed E-state index contributed by atoms with van der Waals surface area (Å²) in [7, 11) is 1.78. The van der Waals surface area contributed by atoms with Crippen molar-refractivity contribution in [1.29, 1.82) is 0 Å². The summed E-state index contributed by atoms with van der Waals surface area (Å²) in [4.78, 5) is 17.6. The second-order valence-corrected chi connectivity index (χ2v) is 5.88. The van der Waals surface area contributed by atoms with E-state index in [0.717, 1.165) is 12.5 Å². The molecule has 5 nitrogen and oxygen atoms in total. The SMILES string of the molecule is CCNC(=NCCc1cccc(F)c1F)NC1CCC(=O)N(C)C1.I. The molecule has 1 aromatic rings. The highest BCUT2D eigenvalue weighted by molar-refractivity contribution is 14.0. The van der Waals surface area contributed by atoms with E-state index in [0.29, 0.717) is 44.0 Å². The van der Waals surface area contributed by atoms with E-state index < -0.39 is 11.6 Å². The van der Waals surface area contributed by atoms with Crippen LogP contribution in [0.2, 0.25) is 0 Å². The Hall–Kier alpha value is -1.45. The van der Waals surface area contributed by atoms with Crippen LogP contribution in [0.25, 0.3) is 0 Å². The van der Waals surface area contributed by atoms with E-state index >= 15 is 0 Å². The molecule has 1 fully saturated rings. The van der Waals surface area contributed by atoms with Gasteiger partial charge in [0.05, 0.1) is 0 Å². The van der Waals surface area contributed by atoms with Crippen LogP contribution in [0, 0.1) is 11.6 Å². The number of halogens is 3. The number of carbonyl (C=O) groups is 1. The van der Waals surface area contributed by atoms with Gasteiger partial charge in [0.25, 0.3) is 0 Å². The molecule has 0 aromatic heterocycles. The summed E-state index contributed by atoms with van der Waals surface area (Å²) in [5.74, 6) is -0.867. The predicted molar refractivity (Wildman–Crippen MR) is 105 cm³/mol. The predicted octanol–water partition coefficient (Wildman–Crippen LogP) is 2.30. The van der Waals surface area contributed by atoms with Crippen molar-refractivity contribution in [3.8, 4) is 0 Å². The zero-order chi connectivity index (χ0) is 17.5. The second kappa shape index (κ2) is 10.5. The summed E-state index contributed by atoms with van der Waals surface area (Å²) in [5, 5.41) is 6.43. The molecular weight excluding hydrogens is 441 g/mol. The number of nitrogens with one attached hydrogen (secondary N) is 2. The number of hydrogen-bond acceptors (Lipinski definition) is 2. The number of carbonyl (C=O) groups excluding carboxylic acids is 1. The highest BCUT2D eigenvalue weighted by atomic mass is 127. The van der Waals surface area contributed by atoms with Crippen molar-refractivity contribution in [2.24, 2.45) is 4.99 Å². The smallest absolute Gasteiger partial charge is 0.222 e. The number of nitrogens with zero attached hydrogens (tertiary/aromatic N) is 2. The van der Waals surface area contributed by atoms with Gasteiger partial charge in [-0.05, 0) is 31.4 Å². The van der Waals surface area contributed by atoms with Crippen LogP contribution < -0.4 is 10.6 Å². The maximum absolute atomic E-state index is 13.6. The lowest BCUT2D eigenvalue weighted by molar-refractivity contribution is -0.132. The number of hydrogen-bond donors (Lipinski definition) is 2. The zero-order valence-electron chi connectivity index (χ0n) is 14.5. The molecular formula is C17H25F2IN4O. The Kier molecular flexibility index (Phi) is 9.09. The van der Waals surface area contributed by atoms with E-state index in [1.807, 2.05) is 6.92 Å². The van der Waals surface area contributed by atoms with E-state index in [4.69, 9.17) is 0 Å². The largest absolute Gasteiger partial charge is 0.357 e. The molecule has 1 atom stereocenters. The first-order valence-electron chi connectivity index (χ1n) is 8.23. The van der Waals surface area contributed by atoms with Crippen molar-refractivity contribution in [3.63, 3.8) is 0 Å². The molecule has 0 aliphatic carbocycles. The van der Waals surface area contributed by atoms with Gasteiger partial charge < -0.3 is 15.5 Å². The van der Waals surface area contributed by atoms with Gasteiger partial charge in [-0.25, -0.2) is 8.78 Å². The first kappa shape index (κ1) is 21.6. The van der Waals surface area contributed by atoms with Crippen LogP contribution in [0.5, 0.6) is 0 Å². The minimum atomic E-state index is -0.837. The van der Waals surface area contributed by atoms with E-state index in [1.54, 1.807) is 18.0 Å². The lowest BCUT2D eigenvalue weighted by atomic mass is 10.1. The van der Waals surface area contributed by atoms with Crippen molar-refractivity contribution in [3.05, 3.63) is 35.4 Å². The lowest BCUT2D eigenvalue weighted by Crippen LogP contribution is -2.51. The van der Waals surface area contributed by atoms with E-state index in [9.17, 15) is 13.6 Å². The van der Waals surface area contributed by atoms with Crippen molar-refractivity contribution in [2.75, 3.05) is 26.7 Å². The highest BCUT2D eigenvalue weighted by Gasteiger charge is 2.23. The topological polar surface area (TPSA) is 56.7 Å². The Morgan fingerprint density at radius 3 is 2.84 bits per heavy atom. The van der Waals surface area contributed by atoms with Crippen LogP contribution in [0.3, 0.4) is 0 Å². The van der Waals surface area contributed by atoms with Gasteiger partial charge >= 0.3 is 0 Å². The number of benzene rings is 1. The molecule has 0 saturated carbocycles. The summed E-state index contributed by atoms with van der Waals surface area (Å²) >= 11 is 0. The first-order chi connectivity index (χ1) is 11.5. The average molecular weight is 466 g/mol. The Bertz CT molecular complexity index is 612. The van der Waals surface area contributed by atoms with Gasteiger partial charge in [-0.1, -0.05) is 12.1 Å². The van der Waals surface area contributed by atoms with Gasteiger partial charge in [0.15, 0.2) is 17.6 Å². The van der Waals surface area contributed by atoms with Crippen LogP contribution >= 0.6 is 24.0 Å². The molecule has 1 unspecified atom stereocenters. The summed E-state index contributed by atoms with van der Waals surface area (Å²) in [6.45, 7) is 3.63. The van der Waals surface area contributed by atoms with E-state index in [-0.39, 0.29) is 35.9 Å². The van der Waals surface area contributed by atoms with Crippen LogP contribution in [0.1, 0.15) is 25.3 Å². The quantitative estimate of drug-likeness (QED) is 0.398. The van der Waals surface area contributed by atoms with Crippen LogP contribution in [-0.4, -0.2) is 49.5 Å². The van der Waals surface area contributed by atoms with Gasteiger partial charge in [-0.15, -0.1) is 24.0 Å². The number of rotatable bonds is 5. The molecule has 1 saturated heterocycles. The molecule has 0 spiro atoms. The minimum Gasteiger partial charge on any atom is -0.357 e. The Balaban J connectivity index is 0.00000312. The highest BCUT2D eigenvalue weighted by Crippen LogP contribution is 2.12. The number of guanidine groups is 1. The molecule has 1 amide bonds. The number of likely N-dealkylation sites (N-methyl/N-ethyl adjacent to an activating group) is 1. The molecule has 0 radical (unpaired) electrons. The molecule has 1 aliphatic heterocycles. The zero-order valence-corrected chi connectivity index (χ0v) is 16.8. The van der Waals surface area contributed by atoms with Crippen LogP contribution in [0.15, 0.2) is 23.2 Å². The molecule has 1 heterocycles. The van der Waals surface area contributed by atoms with E-state index in [2.05, 4.69) is 15.6 Å². The summed E-state index contributed by atoms with van der Waals surface area (Å²) in [6, 6.07) is 4.30. The maximum atomic E-state index is 13.6. The molecule has 1 aromatic carbocycles. The third kappa shape index (κ3) is 6.41. The Morgan fingerprint density at radius 2 is 2.16 bits per heavy atom. The van der Waals surface area contributed by atoms with Gasteiger partial charge in [0.2, 0.25) is 5.91 Å². The van der Waals surface area contributed by atoms with E-state index in [1.165, 1.54) is 6.07 Å². The standard InChI is InChI=1S/C17H24F2N4O.HI/c1-3-20-17(22-13-7-8-15(24)23(2)11-13)21-10-9-12-5-4-6-14(18)16(12)19;/h4-6,13H,3,7-11H2,1-2H3,(H2,20,21,22);1H. The van der Waals surface area contributed by atoms with Gasteiger partial charge in [-0.3, -0.25) is 9.79 Å². The second-order valence-electron chi connectivity index (χ2n) is 5.88. The van der Waals surface area contributed by atoms with Gasteiger partial charge in [-0.2, -0.15) is 0 Å². The normalized spacial score (nSPS) is 17.9. The number of aliphatic imine (C=N–C) groups is 1. The average Bonchev–Trinajstić information content (AvgIpc) is 2.55. The number of amides is 1. The van der Waals surface area contributed by atoms with Crippen LogP contribution in [-0.2, 0) is 11.2 Å². The molecule has 1 aliphatic rings. The molecule has 0 bridgehead atoms. The molecule has 8 heteroatoms. The minimum absolute atomic E-state index is 0. The number of piperidine rings is 1. The van der Waals surface area contributed by atoms with Crippen molar-refractivity contribution >= 4 is 35.8 Å². The molecule has 140 valence electrons. The Labute approximate surface area is 164 Å². The summed E-state index contributed by atoms with van der Waals surface area (Å²) in [5.41, 5.74) is 0.317. The Morgan fingerprint density at radius 1 is 1.40 bits per heavy atom. The molecule has 2 rings (SSSR count). The molecule has 2 N–H and O–H groups in total. The molecule has 25 heavy (non-hydrogen) atoms.